The Kier molecular flexibility index (Phi) is 6.31. The SMILES string of the molecule is COc1ccc(NC(=O)[C@H]2CCCN(c3cnn(Cc4ccccc4)c(=O)c3)C2)cc1. The Morgan fingerprint density at radius 1 is 1.16 bits per heavy atom. The minimum atomic E-state index is -0.150. The fourth-order valence-electron chi connectivity index (χ4n) is 3.82. The standard InChI is InChI=1S/C24H26N4O3/c1-31-22-11-9-20(10-12-22)26-24(30)19-8-5-13-27(17-19)21-14-23(29)28(25-15-21)16-18-6-3-2-4-7-18/h2-4,6-7,9-12,14-15,19H,5,8,13,16-17H2,1H3,(H,26,30)/t19-/m0/s1. The van der Waals surface area contributed by atoms with E-state index in [1.54, 1.807) is 19.4 Å². The van der Waals surface area contributed by atoms with E-state index in [1.165, 1.54) is 4.68 Å². The second kappa shape index (κ2) is 9.47. The third-order valence-corrected chi connectivity index (χ3v) is 5.55. The van der Waals surface area contributed by atoms with Gasteiger partial charge in [-0.15, -0.1) is 0 Å². The molecule has 31 heavy (non-hydrogen) atoms. The number of nitrogens with one attached hydrogen (secondary N) is 1. The highest BCUT2D eigenvalue weighted by Gasteiger charge is 2.26. The van der Waals surface area contributed by atoms with Crippen molar-refractivity contribution in [1.82, 2.24) is 9.78 Å². The van der Waals surface area contributed by atoms with Gasteiger partial charge in [-0.1, -0.05) is 30.3 Å². The summed E-state index contributed by atoms with van der Waals surface area (Å²) < 4.78 is 6.61. The van der Waals surface area contributed by atoms with Gasteiger partial charge in [0.25, 0.3) is 5.56 Å². The molecule has 2 heterocycles. The van der Waals surface area contributed by atoms with Crippen molar-refractivity contribution in [2.24, 2.45) is 5.92 Å². The largest absolute Gasteiger partial charge is 0.497 e. The predicted molar refractivity (Wildman–Crippen MR) is 121 cm³/mol. The lowest BCUT2D eigenvalue weighted by molar-refractivity contribution is -0.120. The third kappa shape index (κ3) is 5.12. The average molecular weight is 418 g/mol. The van der Waals surface area contributed by atoms with Crippen molar-refractivity contribution in [3.8, 4) is 5.75 Å². The zero-order valence-corrected chi connectivity index (χ0v) is 17.5. The molecule has 3 aromatic rings. The molecular formula is C24H26N4O3. The second-order valence-electron chi connectivity index (χ2n) is 7.70. The van der Waals surface area contributed by atoms with E-state index in [-0.39, 0.29) is 17.4 Å². The fourth-order valence-corrected chi connectivity index (χ4v) is 3.82. The van der Waals surface area contributed by atoms with Crippen molar-refractivity contribution in [1.29, 1.82) is 0 Å². The Labute approximate surface area is 181 Å². The fraction of sp³-hybridized carbons (Fsp3) is 0.292. The number of amides is 1. The maximum atomic E-state index is 12.8. The molecule has 7 heteroatoms. The minimum absolute atomic E-state index is 0.0137. The number of benzene rings is 2. The number of hydrogen-bond donors (Lipinski definition) is 1. The number of anilines is 2. The molecule has 1 aliphatic rings. The molecule has 1 fully saturated rings. The van der Waals surface area contributed by atoms with Gasteiger partial charge in [0, 0.05) is 24.8 Å². The molecule has 0 saturated carbocycles. The van der Waals surface area contributed by atoms with E-state index in [9.17, 15) is 9.59 Å². The van der Waals surface area contributed by atoms with Crippen molar-refractivity contribution in [2.75, 3.05) is 30.4 Å². The molecule has 1 saturated heterocycles. The Hall–Kier alpha value is -3.61. The zero-order valence-electron chi connectivity index (χ0n) is 17.5. The van der Waals surface area contributed by atoms with Crippen LogP contribution in [-0.4, -0.2) is 35.9 Å². The van der Waals surface area contributed by atoms with E-state index in [4.69, 9.17) is 4.74 Å². The minimum Gasteiger partial charge on any atom is -0.497 e. The van der Waals surface area contributed by atoms with Gasteiger partial charge in [-0.05, 0) is 42.7 Å². The first-order chi connectivity index (χ1) is 15.1. The van der Waals surface area contributed by atoms with Crippen LogP contribution in [0.2, 0.25) is 0 Å². The molecule has 0 aliphatic carbocycles. The topological polar surface area (TPSA) is 76.5 Å². The van der Waals surface area contributed by atoms with Gasteiger partial charge in [0.05, 0.1) is 31.5 Å². The number of methoxy groups -OCH3 is 1. The molecule has 1 atom stereocenters. The summed E-state index contributed by atoms with van der Waals surface area (Å²) in [7, 11) is 1.61. The zero-order chi connectivity index (χ0) is 21.6. The van der Waals surface area contributed by atoms with E-state index >= 15 is 0 Å². The molecule has 2 aromatic carbocycles. The number of aromatic nitrogens is 2. The number of rotatable bonds is 6. The van der Waals surface area contributed by atoms with Crippen molar-refractivity contribution in [3.05, 3.63) is 82.8 Å². The highest BCUT2D eigenvalue weighted by molar-refractivity contribution is 5.93. The van der Waals surface area contributed by atoms with Crippen LogP contribution >= 0.6 is 0 Å². The molecule has 0 bridgehead atoms. The van der Waals surface area contributed by atoms with Crippen LogP contribution in [0.3, 0.4) is 0 Å². The first kappa shape index (κ1) is 20.7. The molecule has 0 radical (unpaired) electrons. The maximum absolute atomic E-state index is 12.8. The Morgan fingerprint density at radius 2 is 1.94 bits per heavy atom. The van der Waals surface area contributed by atoms with Crippen LogP contribution < -0.4 is 20.5 Å². The van der Waals surface area contributed by atoms with Crippen LogP contribution in [0.4, 0.5) is 11.4 Å². The number of carbonyl (C=O) groups excluding carboxylic acids is 1. The molecule has 1 amide bonds. The second-order valence-corrected chi connectivity index (χ2v) is 7.70. The lowest BCUT2D eigenvalue weighted by Crippen LogP contribution is -2.41. The number of ether oxygens (including phenoxy) is 1. The smallest absolute Gasteiger partial charge is 0.269 e. The Bertz CT molecular complexity index is 1080. The summed E-state index contributed by atoms with van der Waals surface area (Å²) in [5.41, 5.74) is 2.38. The lowest BCUT2D eigenvalue weighted by Gasteiger charge is -2.33. The predicted octanol–water partition coefficient (Wildman–Crippen LogP) is 3.16. The normalized spacial score (nSPS) is 16.0. The molecule has 0 unspecified atom stereocenters. The molecule has 1 aromatic heterocycles. The van der Waals surface area contributed by atoms with E-state index in [0.29, 0.717) is 13.1 Å². The van der Waals surface area contributed by atoms with Crippen molar-refractivity contribution >= 4 is 17.3 Å². The van der Waals surface area contributed by atoms with E-state index in [0.717, 1.165) is 42.1 Å². The lowest BCUT2D eigenvalue weighted by atomic mass is 9.96. The van der Waals surface area contributed by atoms with Crippen molar-refractivity contribution in [2.45, 2.75) is 19.4 Å². The van der Waals surface area contributed by atoms with Crippen molar-refractivity contribution in [3.63, 3.8) is 0 Å². The van der Waals surface area contributed by atoms with Crippen LogP contribution in [0.5, 0.6) is 5.75 Å². The van der Waals surface area contributed by atoms with Gasteiger partial charge < -0.3 is 15.0 Å². The Morgan fingerprint density at radius 3 is 2.65 bits per heavy atom. The van der Waals surface area contributed by atoms with Gasteiger partial charge in [0.1, 0.15) is 5.75 Å². The molecule has 1 N–H and O–H groups in total. The highest BCUT2D eigenvalue weighted by atomic mass is 16.5. The van der Waals surface area contributed by atoms with Crippen LogP contribution in [0.25, 0.3) is 0 Å². The number of nitrogens with zero attached hydrogens (tertiary/aromatic N) is 3. The highest BCUT2D eigenvalue weighted by Crippen LogP contribution is 2.23. The molecular weight excluding hydrogens is 392 g/mol. The average Bonchev–Trinajstić information content (AvgIpc) is 2.81. The van der Waals surface area contributed by atoms with E-state index < -0.39 is 0 Å². The maximum Gasteiger partial charge on any atom is 0.269 e. The summed E-state index contributed by atoms with van der Waals surface area (Å²) in [6.45, 7) is 1.80. The molecule has 1 aliphatic heterocycles. The van der Waals surface area contributed by atoms with Crippen LogP contribution in [0, 0.1) is 5.92 Å². The molecule has 160 valence electrons. The number of carbonyl (C=O) groups is 1. The molecule has 7 nitrogen and oxygen atoms in total. The molecule has 0 spiro atoms. The summed E-state index contributed by atoms with van der Waals surface area (Å²) in [5, 5.41) is 7.33. The third-order valence-electron chi connectivity index (χ3n) is 5.55. The van der Waals surface area contributed by atoms with Crippen LogP contribution in [0.1, 0.15) is 18.4 Å². The van der Waals surface area contributed by atoms with Gasteiger partial charge in [-0.3, -0.25) is 9.59 Å². The summed E-state index contributed by atoms with van der Waals surface area (Å²) in [5.74, 6) is 0.583. The summed E-state index contributed by atoms with van der Waals surface area (Å²) in [4.78, 5) is 27.4. The Balaban J connectivity index is 1.41. The van der Waals surface area contributed by atoms with E-state index in [2.05, 4.69) is 15.3 Å². The van der Waals surface area contributed by atoms with Crippen LogP contribution in [-0.2, 0) is 11.3 Å². The van der Waals surface area contributed by atoms with Crippen molar-refractivity contribution < 1.29 is 9.53 Å². The first-order valence-electron chi connectivity index (χ1n) is 10.4. The van der Waals surface area contributed by atoms with Gasteiger partial charge in [0.2, 0.25) is 5.91 Å². The van der Waals surface area contributed by atoms with Gasteiger partial charge in [-0.2, -0.15) is 5.10 Å². The van der Waals surface area contributed by atoms with Crippen LogP contribution in [0.15, 0.2) is 71.7 Å². The molecule has 4 rings (SSSR count). The van der Waals surface area contributed by atoms with Gasteiger partial charge >= 0.3 is 0 Å². The van der Waals surface area contributed by atoms with Gasteiger partial charge in [0.15, 0.2) is 0 Å². The summed E-state index contributed by atoms with van der Waals surface area (Å²) in [6.07, 6.45) is 3.42. The van der Waals surface area contributed by atoms with E-state index in [1.807, 2.05) is 54.6 Å². The van der Waals surface area contributed by atoms with Gasteiger partial charge in [-0.25, -0.2) is 4.68 Å². The monoisotopic (exact) mass is 418 g/mol. The summed E-state index contributed by atoms with van der Waals surface area (Å²) >= 11 is 0. The quantitative estimate of drug-likeness (QED) is 0.666. The number of piperidine rings is 1. The summed E-state index contributed by atoms with van der Waals surface area (Å²) in [6, 6.07) is 18.7. The number of hydrogen-bond acceptors (Lipinski definition) is 5. The first-order valence-corrected chi connectivity index (χ1v) is 10.4.